The van der Waals surface area contributed by atoms with Crippen molar-refractivity contribution in [3.05, 3.63) is 59.7 Å². The van der Waals surface area contributed by atoms with Crippen LogP contribution in [-0.2, 0) is 0 Å². The van der Waals surface area contributed by atoms with Gasteiger partial charge in [0.1, 0.15) is 11.5 Å². The molecule has 17 heavy (non-hydrogen) atoms. The molecule has 0 aliphatic heterocycles. The van der Waals surface area contributed by atoms with Gasteiger partial charge in [-0.1, -0.05) is 43.7 Å². The quantitative estimate of drug-likeness (QED) is 0.722. The Morgan fingerprint density at radius 3 is 1.71 bits per heavy atom. The van der Waals surface area contributed by atoms with Gasteiger partial charge in [0.2, 0.25) is 0 Å². The summed E-state index contributed by atoms with van der Waals surface area (Å²) in [5.74, 6) is 2.33. The van der Waals surface area contributed by atoms with E-state index in [4.69, 9.17) is 4.74 Å². The van der Waals surface area contributed by atoms with Crippen molar-refractivity contribution >= 4 is 0 Å². The average molecular weight is 226 g/mol. The van der Waals surface area contributed by atoms with Crippen LogP contribution in [0.3, 0.4) is 0 Å². The molecule has 1 heteroatoms. The van der Waals surface area contributed by atoms with E-state index in [0.717, 1.165) is 11.5 Å². The van der Waals surface area contributed by atoms with Gasteiger partial charge in [-0.2, -0.15) is 0 Å². The van der Waals surface area contributed by atoms with Gasteiger partial charge in [0, 0.05) is 0 Å². The van der Waals surface area contributed by atoms with Crippen molar-refractivity contribution in [3.63, 3.8) is 0 Å². The van der Waals surface area contributed by atoms with Gasteiger partial charge in [0.05, 0.1) is 0 Å². The molecule has 0 fully saturated rings. The molecular formula is C16H18O. The maximum absolute atomic E-state index is 5.77. The molecule has 0 aliphatic rings. The molecule has 0 aromatic heterocycles. The fraction of sp³-hybridized carbons (Fsp3) is 0.250. The van der Waals surface area contributed by atoms with Crippen LogP contribution in [0.5, 0.6) is 11.5 Å². The number of benzene rings is 2. The molecule has 0 unspecified atom stereocenters. The molecule has 0 heterocycles. The van der Waals surface area contributed by atoms with Gasteiger partial charge < -0.3 is 4.74 Å². The maximum Gasteiger partial charge on any atom is 0.127 e. The molecule has 0 amide bonds. The van der Waals surface area contributed by atoms with Crippen LogP contribution in [-0.4, -0.2) is 0 Å². The third kappa shape index (κ3) is 3.10. The Morgan fingerprint density at radius 2 is 1.24 bits per heavy atom. The summed E-state index contributed by atoms with van der Waals surface area (Å²) in [6.07, 6.45) is 0. The first kappa shape index (κ1) is 11.7. The van der Waals surface area contributed by atoms with Crippen molar-refractivity contribution in [2.75, 3.05) is 0 Å². The second-order valence-electron chi connectivity index (χ2n) is 4.64. The number of aryl methyl sites for hydroxylation is 1. The van der Waals surface area contributed by atoms with E-state index < -0.39 is 0 Å². The molecule has 0 saturated carbocycles. The summed E-state index contributed by atoms with van der Waals surface area (Å²) in [5.41, 5.74) is 2.58. The zero-order valence-corrected chi connectivity index (χ0v) is 10.6. The molecule has 2 aromatic rings. The third-order valence-corrected chi connectivity index (χ3v) is 2.80. The Labute approximate surface area is 103 Å². The lowest BCUT2D eigenvalue weighted by Crippen LogP contribution is -1.88. The van der Waals surface area contributed by atoms with E-state index in [1.807, 2.05) is 24.3 Å². The highest BCUT2D eigenvalue weighted by molar-refractivity contribution is 5.34. The summed E-state index contributed by atoms with van der Waals surface area (Å²) in [5, 5.41) is 0. The second-order valence-corrected chi connectivity index (χ2v) is 4.64. The number of ether oxygens (including phenoxy) is 1. The summed E-state index contributed by atoms with van der Waals surface area (Å²) in [4.78, 5) is 0. The minimum atomic E-state index is 0.559. The molecule has 0 radical (unpaired) electrons. The van der Waals surface area contributed by atoms with Gasteiger partial charge in [-0.05, 0) is 42.7 Å². The molecule has 0 saturated heterocycles. The van der Waals surface area contributed by atoms with Crippen LogP contribution >= 0.6 is 0 Å². The highest BCUT2D eigenvalue weighted by atomic mass is 16.5. The highest BCUT2D eigenvalue weighted by Crippen LogP contribution is 2.23. The van der Waals surface area contributed by atoms with Gasteiger partial charge in [0.25, 0.3) is 0 Å². The molecule has 0 spiro atoms. The smallest absolute Gasteiger partial charge is 0.127 e. The van der Waals surface area contributed by atoms with Crippen LogP contribution in [0.25, 0.3) is 0 Å². The Balaban J connectivity index is 2.11. The average Bonchev–Trinajstić information content (AvgIpc) is 2.33. The van der Waals surface area contributed by atoms with Crippen molar-refractivity contribution in [3.8, 4) is 11.5 Å². The van der Waals surface area contributed by atoms with Gasteiger partial charge in [0.15, 0.2) is 0 Å². The minimum absolute atomic E-state index is 0.559. The summed E-state index contributed by atoms with van der Waals surface area (Å²) in [6, 6.07) is 16.4. The summed E-state index contributed by atoms with van der Waals surface area (Å²) < 4.78 is 5.77. The normalized spacial score (nSPS) is 10.6. The lowest BCUT2D eigenvalue weighted by molar-refractivity contribution is 0.482. The van der Waals surface area contributed by atoms with Crippen molar-refractivity contribution in [1.29, 1.82) is 0 Å². The van der Waals surface area contributed by atoms with Crippen molar-refractivity contribution in [1.82, 2.24) is 0 Å². The van der Waals surface area contributed by atoms with E-state index in [2.05, 4.69) is 45.0 Å². The monoisotopic (exact) mass is 226 g/mol. The molecule has 2 aromatic carbocycles. The van der Waals surface area contributed by atoms with E-state index in [-0.39, 0.29) is 0 Å². The largest absolute Gasteiger partial charge is 0.457 e. The number of hydrogen-bond acceptors (Lipinski definition) is 1. The maximum atomic E-state index is 5.77. The zero-order chi connectivity index (χ0) is 12.3. The first-order valence-corrected chi connectivity index (χ1v) is 5.99. The van der Waals surface area contributed by atoms with Crippen molar-refractivity contribution < 1.29 is 4.74 Å². The van der Waals surface area contributed by atoms with Gasteiger partial charge in [-0.15, -0.1) is 0 Å². The first-order chi connectivity index (χ1) is 8.15. The van der Waals surface area contributed by atoms with Crippen molar-refractivity contribution in [2.24, 2.45) is 0 Å². The number of rotatable bonds is 3. The van der Waals surface area contributed by atoms with Crippen LogP contribution in [0.4, 0.5) is 0 Å². The Bertz CT molecular complexity index is 466. The third-order valence-electron chi connectivity index (χ3n) is 2.80. The molecule has 2 rings (SSSR count). The second kappa shape index (κ2) is 5.05. The van der Waals surface area contributed by atoms with Crippen molar-refractivity contribution in [2.45, 2.75) is 26.7 Å². The summed E-state index contributed by atoms with van der Waals surface area (Å²) in [7, 11) is 0. The predicted octanol–water partition coefficient (Wildman–Crippen LogP) is 4.91. The van der Waals surface area contributed by atoms with Crippen LogP contribution < -0.4 is 4.74 Å². The SMILES string of the molecule is Cc1ccc(Oc2ccc(C(C)C)cc2)cc1. The van der Waals surface area contributed by atoms with Crippen LogP contribution in [0, 0.1) is 6.92 Å². The molecular weight excluding hydrogens is 208 g/mol. The molecule has 1 nitrogen and oxygen atoms in total. The fourth-order valence-electron chi connectivity index (χ4n) is 1.66. The van der Waals surface area contributed by atoms with E-state index >= 15 is 0 Å². The van der Waals surface area contributed by atoms with E-state index in [1.165, 1.54) is 11.1 Å². The van der Waals surface area contributed by atoms with Crippen LogP contribution in [0.1, 0.15) is 30.9 Å². The lowest BCUT2D eigenvalue weighted by Gasteiger charge is -2.08. The fourth-order valence-corrected chi connectivity index (χ4v) is 1.66. The van der Waals surface area contributed by atoms with E-state index in [9.17, 15) is 0 Å². The molecule has 0 N–H and O–H groups in total. The Kier molecular flexibility index (Phi) is 3.48. The first-order valence-electron chi connectivity index (χ1n) is 5.99. The summed E-state index contributed by atoms with van der Waals surface area (Å²) in [6.45, 7) is 6.45. The highest BCUT2D eigenvalue weighted by Gasteiger charge is 2.00. The summed E-state index contributed by atoms with van der Waals surface area (Å²) >= 11 is 0. The van der Waals surface area contributed by atoms with Gasteiger partial charge in [-0.3, -0.25) is 0 Å². The predicted molar refractivity (Wildman–Crippen MR) is 71.8 cm³/mol. The minimum Gasteiger partial charge on any atom is -0.457 e. The van der Waals surface area contributed by atoms with Gasteiger partial charge >= 0.3 is 0 Å². The zero-order valence-electron chi connectivity index (χ0n) is 10.6. The Hall–Kier alpha value is -1.76. The lowest BCUT2D eigenvalue weighted by atomic mass is 10.0. The number of hydrogen-bond donors (Lipinski definition) is 0. The van der Waals surface area contributed by atoms with Crippen LogP contribution in [0.15, 0.2) is 48.5 Å². The van der Waals surface area contributed by atoms with Crippen LogP contribution in [0.2, 0.25) is 0 Å². The molecule has 0 atom stereocenters. The molecule has 0 aliphatic carbocycles. The van der Waals surface area contributed by atoms with E-state index in [0.29, 0.717) is 5.92 Å². The molecule has 88 valence electrons. The van der Waals surface area contributed by atoms with Gasteiger partial charge in [-0.25, -0.2) is 0 Å². The van der Waals surface area contributed by atoms with E-state index in [1.54, 1.807) is 0 Å². The standard InChI is InChI=1S/C16H18O/c1-12(2)14-6-10-16(11-7-14)17-15-8-4-13(3)5-9-15/h4-12H,1-3H3. The molecule has 0 bridgehead atoms. The topological polar surface area (TPSA) is 9.23 Å². The Morgan fingerprint density at radius 1 is 0.765 bits per heavy atom.